The maximum atomic E-state index is 12.8. The molecular weight excluding hydrogens is 363 g/mol. The first-order valence-corrected chi connectivity index (χ1v) is 8.36. The van der Waals surface area contributed by atoms with Crippen molar-refractivity contribution in [1.82, 2.24) is 24.9 Å². The van der Waals surface area contributed by atoms with Crippen molar-refractivity contribution in [1.29, 1.82) is 0 Å². The molecule has 4 heterocycles. The first-order chi connectivity index (χ1) is 12.9. The van der Waals surface area contributed by atoms with E-state index in [0.29, 0.717) is 18.9 Å². The van der Waals surface area contributed by atoms with Gasteiger partial charge in [-0.3, -0.25) is 9.67 Å². The van der Waals surface area contributed by atoms with E-state index < -0.39 is 11.7 Å². The van der Waals surface area contributed by atoms with E-state index in [1.54, 1.807) is 10.9 Å². The van der Waals surface area contributed by atoms with Gasteiger partial charge >= 0.3 is 6.18 Å². The summed E-state index contributed by atoms with van der Waals surface area (Å²) < 4.78 is 51.4. The number of ether oxygens (including phenoxy) is 1. The fraction of sp³-hybridized carbons (Fsp3) is 0.412. The van der Waals surface area contributed by atoms with Gasteiger partial charge < -0.3 is 9.26 Å². The van der Waals surface area contributed by atoms with Crippen LogP contribution in [0.4, 0.5) is 13.2 Å². The van der Waals surface area contributed by atoms with Crippen LogP contribution in [0, 0.1) is 0 Å². The Kier molecular flexibility index (Phi) is 4.42. The molecule has 0 saturated carbocycles. The highest BCUT2D eigenvalue weighted by Gasteiger charge is 2.37. The Labute approximate surface area is 152 Å². The van der Waals surface area contributed by atoms with Gasteiger partial charge in [-0.25, -0.2) is 0 Å². The molecule has 2 atom stereocenters. The van der Waals surface area contributed by atoms with Crippen molar-refractivity contribution in [3.05, 3.63) is 59.3 Å². The first kappa shape index (κ1) is 17.7. The highest BCUT2D eigenvalue weighted by molar-refractivity contribution is 5.21. The monoisotopic (exact) mass is 379 g/mol. The van der Waals surface area contributed by atoms with Crippen molar-refractivity contribution in [3.63, 3.8) is 0 Å². The fourth-order valence-electron chi connectivity index (χ4n) is 3.20. The van der Waals surface area contributed by atoms with Crippen molar-refractivity contribution < 1.29 is 22.4 Å². The van der Waals surface area contributed by atoms with Gasteiger partial charge in [0.15, 0.2) is 5.82 Å². The molecule has 0 aliphatic carbocycles. The molecule has 1 saturated heterocycles. The number of pyridine rings is 1. The Bertz CT molecular complexity index is 937. The predicted molar refractivity (Wildman–Crippen MR) is 85.6 cm³/mol. The SMILES string of the molecule is Cn1nccc1[C@@H]1OCC[C@H]1c1nc(Cc2cc(C(F)(F)F)ccn2)no1. The molecule has 7 nitrogen and oxygen atoms in total. The van der Waals surface area contributed by atoms with E-state index in [4.69, 9.17) is 9.26 Å². The second-order valence-corrected chi connectivity index (χ2v) is 6.33. The molecule has 0 spiro atoms. The molecule has 1 aliphatic rings. The van der Waals surface area contributed by atoms with Crippen molar-refractivity contribution in [3.8, 4) is 0 Å². The van der Waals surface area contributed by atoms with Crippen LogP contribution in [0.2, 0.25) is 0 Å². The van der Waals surface area contributed by atoms with E-state index in [2.05, 4.69) is 20.2 Å². The zero-order valence-corrected chi connectivity index (χ0v) is 14.3. The van der Waals surface area contributed by atoms with Crippen LogP contribution in [-0.4, -0.2) is 31.5 Å². The zero-order valence-electron chi connectivity index (χ0n) is 14.3. The van der Waals surface area contributed by atoms with E-state index in [9.17, 15) is 13.2 Å². The van der Waals surface area contributed by atoms with Crippen LogP contribution >= 0.6 is 0 Å². The minimum Gasteiger partial charge on any atom is -0.371 e. The molecule has 3 aromatic rings. The number of aromatic nitrogens is 5. The Morgan fingerprint density at radius 3 is 2.85 bits per heavy atom. The molecule has 0 radical (unpaired) electrons. The summed E-state index contributed by atoms with van der Waals surface area (Å²) >= 11 is 0. The summed E-state index contributed by atoms with van der Waals surface area (Å²) in [6, 6.07) is 3.79. The number of halogens is 3. The zero-order chi connectivity index (χ0) is 19.0. The molecule has 10 heteroatoms. The molecule has 4 rings (SSSR count). The average molecular weight is 379 g/mol. The van der Waals surface area contributed by atoms with Crippen molar-refractivity contribution >= 4 is 0 Å². The van der Waals surface area contributed by atoms with E-state index in [-0.39, 0.29) is 30.0 Å². The van der Waals surface area contributed by atoms with Gasteiger partial charge in [-0.2, -0.15) is 23.3 Å². The molecule has 0 bridgehead atoms. The normalized spacial score (nSPS) is 20.3. The number of hydrogen-bond donors (Lipinski definition) is 0. The summed E-state index contributed by atoms with van der Waals surface area (Å²) in [6.45, 7) is 0.549. The van der Waals surface area contributed by atoms with Gasteiger partial charge in [-0.15, -0.1) is 0 Å². The number of hydrogen-bond acceptors (Lipinski definition) is 6. The lowest BCUT2D eigenvalue weighted by Gasteiger charge is -2.15. The molecule has 0 amide bonds. The van der Waals surface area contributed by atoms with Crippen LogP contribution in [0.15, 0.2) is 35.1 Å². The molecule has 1 fully saturated rings. The van der Waals surface area contributed by atoms with Crippen molar-refractivity contribution in [2.24, 2.45) is 7.05 Å². The van der Waals surface area contributed by atoms with Gasteiger partial charge in [-0.05, 0) is 24.6 Å². The number of rotatable bonds is 4. The number of aryl methyl sites for hydroxylation is 1. The lowest BCUT2D eigenvalue weighted by molar-refractivity contribution is -0.137. The average Bonchev–Trinajstić information content (AvgIpc) is 3.34. The van der Waals surface area contributed by atoms with Gasteiger partial charge in [-0.1, -0.05) is 5.16 Å². The summed E-state index contributed by atoms with van der Waals surface area (Å²) in [6.07, 6.45) is -1.10. The summed E-state index contributed by atoms with van der Waals surface area (Å²) in [5, 5.41) is 8.05. The van der Waals surface area contributed by atoms with Crippen LogP contribution in [0.1, 0.15) is 47.1 Å². The minimum absolute atomic E-state index is 0.0530. The van der Waals surface area contributed by atoms with E-state index in [1.165, 1.54) is 0 Å². The van der Waals surface area contributed by atoms with Crippen molar-refractivity contribution in [2.75, 3.05) is 6.61 Å². The summed E-state index contributed by atoms with van der Waals surface area (Å²) in [5.74, 6) is 0.560. The van der Waals surface area contributed by atoms with Crippen LogP contribution < -0.4 is 0 Å². The predicted octanol–water partition coefficient (Wildman–Crippen LogP) is 3.05. The number of alkyl halides is 3. The smallest absolute Gasteiger partial charge is 0.371 e. The molecule has 0 unspecified atom stereocenters. The molecule has 0 N–H and O–H groups in total. The highest BCUT2D eigenvalue weighted by atomic mass is 19.4. The van der Waals surface area contributed by atoms with Crippen LogP contribution in [-0.2, 0) is 24.4 Å². The Morgan fingerprint density at radius 2 is 2.11 bits per heavy atom. The molecule has 1 aliphatic heterocycles. The second-order valence-electron chi connectivity index (χ2n) is 6.33. The van der Waals surface area contributed by atoms with Gasteiger partial charge in [0.25, 0.3) is 0 Å². The Morgan fingerprint density at radius 1 is 1.26 bits per heavy atom. The van der Waals surface area contributed by atoms with Gasteiger partial charge in [0.2, 0.25) is 5.89 Å². The fourth-order valence-corrected chi connectivity index (χ4v) is 3.20. The van der Waals surface area contributed by atoms with E-state index in [0.717, 1.165) is 24.0 Å². The summed E-state index contributed by atoms with van der Waals surface area (Å²) in [4.78, 5) is 8.32. The molecule has 142 valence electrons. The van der Waals surface area contributed by atoms with Gasteiger partial charge in [0.05, 0.1) is 23.6 Å². The van der Waals surface area contributed by atoms with E-state index in [1.807, 2.05) is 13.1 Å². The molecular formula is C17H16F3N5O2. The summed E-state index contributed by atoms with van der Waals surface area (Å²) in [5.41, 5.74) is 0.372. The number of nitrogens with zero attached hydrogens (tertiary/aromatic N) is 5. The standard InChI is InChI=1S/C17H16F3N5O2/c1-25-13(3-6-22-25)15-12(4-7-26-15)16-23-14(24-27-16)9-11-8-10(2-5-21-11)17(18,19)20/h2-3,5-6,8,12,15H,4,7,9H2,1H3/t12-,15-/m1/s1. The maximum absolute atomic E-state index is 12.8. The molecule has 3 aromatic heterocycles. The van der Waals surface area contributed by atoms with Crippen LogP contribution in [0.25, 0.3) is 0 Å². The Hall–Kier alpha value is -2.75. The molecule has 0 aromatic carbocycles. The van der Waals surface area contributed by atoms with Crippen LogP contribution in [0.3, 0.4) is 0 Å². The first-order valence-electron chi connectivity index (χ1n) is 8.36. The van der Waals surface area contributed by atoms with Gasteiger partial charge in [0.1, 0.15) is 6.10 Å². The van der Waals surface area contributed by atoms with Crippen molar-refractivity contribution in [2.45, 2.75) is 31.0 Å². The minimum atomic E-state index is -4.42. The maximum Gasteiger partial charge on any atom is 0.416 e. The lowest BCUT2D eigenvalue weighted by atomic mass is 9.99. The topological polar surface area (TPSA) is 78.9 Å². The third-order valence-corrected chi connectivity index (χ3v) is 4.53. The second kappa shape index (κ2) is 6.76. The van der Waals surface area contributed by atoms with Gasteiger partial charge in [0, 0.05) is 31.7 Å². The third kappa shape index (κ3) is 3.57. The highest BCUT2D eigenvalue weighted by Crippen LogP contribution is 2.40. The molecule has 27 heavy (non-hydrogen) atoms. The largest absolute Gasteiger partial charge is 0.416 e. The van der Waals surface area contributed by atoms with Crippen LogP contribution in [0.5, 0.6) is 0 Å². The van der Waals surface area contributed by atoms with E-state index >= 15 is 0 Å². The Balaban J connectivity index is 1.53. The quantitative estimate of drug-likeness (QED) is 0.693. The summed E-state index contributed by atoms with van der Waals surface area (Å²) in [7, 11) is 1.83. The lowest BCUT2D eigenvalue weighted by Crippen LogP contribution is -2.11. The third-order valence-electron chi connectivity index (χ3n) is 4.53.